The zero-order valence-electron chi connectivity index (χ0n) is 10.1. The maximum absolute atomic E-state index is 11.5. The monoisotopic (exact) mass is 230 g/mol. The molecule has 0 rings (SSSR count). The Morgan fingerprint density at radius 3 is 2.12 bits per heavy atom. The van der Waals surface area contributed by atoms with Crippen molar-refractivity contribution in [2.24, 2.45) is 0 Å². The van der Waals surface area contributed by atoms with Crippen LogP contribution in [-0.4, -0.2) is 61.9 Å². The summed E-state index contributed by atoms with van der Waals surface area (Å²) < 4.78 is 4.33. The van der Waals surface area contributed by atoms with Gasteiger partial charge in [-0.15, -0.1) is 0 Å². The number of carbonyl (C=O) groups is 3. The normalized spacial score (nSPS) is 9.50. The van der Waals surface area contributed by atoms with Crippen LogP contribution in [0.2, 0.25) is 0 Å². The van der Waals surface area contributed by atoms with E-state index >= 15 is 0 Å². The van der Waals surface area contributed by atoms with Crippen LogP contribution in [-0.2, 0) is 19.1 Å². The Morgan fingerprint density at radius 1 is 1.19 bits per heavy atom. The molecule has 0 heterocycles. The van der Waals surface area contributed by atoms with Crippen molar-refractivity contribution in [2.45, 2.75) is 13.3 Å². The number of carbonyl (C=O) groups excluding carboxylic acids is 3. The third-order valence-corrected chi connectivity index (χ3v) is 1.97. The maximum Gasteiger partial charge on any atom is 0.396 e. The van der Waals surface area contributed by atoms with E-state index in [0.717, 1.165) is 7.11 Å². The molecule has 0 unspecified atom stereocenters. The first-order chi connectivity index (χ1) is 7.43. The van der Waals surface area contributed by atoms with Gasteiger partial charge in [0.2, 0.25) is 5.91 Å². The summed E-state index contributed by atoms with van der Waals surface area (Å²) in [6.45, 7) is 2.11. The van der Waals surface area contributed by atoms with Crippen molar-refractivity contribution >= 4 is 17.8 Å². The molecule has 0 spiro atoms. The van der Waals surface area contributed by atoms with Crippen molar-refractivity contribution in [1.82, 2.24) is 9.80 Å². The molecule has 0 saturated heterocycles. The third kappa shape index (κ3) is 4.29. The van der Waals surface area contributed by atoms with Crippen molar-refractivity contribution in [1.29, 1.82) is 0 Å². The summed E-state index contributed by atoms with van der Waals surface area (Å²) >= 11 is 0. The maximum atomic E-state index is 11.5. The van der Waals surface area contributed by atoms with Gasteiger partial charge in [0.1, 0.15) is 6.54 Å². The summed E-state index contributed by atoms with van der Waals surface area (Å²) in [5, 5.41) is 0. The van der Waals surface area contributed by atoms with Crippen molar-refractivity contribution in [3.63, 3.8) is 0 Å². The van der Waals surface area contributed by atoms with Gasteiger partial charge in [-0.05, 0) is 6.42 Å². The molecular weight excluding hydrogens is 212 g/mol. The molecule has 0 bridgehead atoms. The Morgan fingerprint density at radius 2 is 1.75 bits per heavy atom. The largest absolute Gasteiger partial charge is 0.462 e. The smallest absolute Gasteiger partial charge is 0.396 e. The van der Waals surface area contributed by atoms with Gasteiger partial charge in [-0.1, -0.05) is 6.92 Å². The van der Waals surface area contributed by atoms with Crippen LogP contribution in [0.15, 0.2) is 0 Å². The number of rotatable bonds is 4. The van der Waals surface area contributed by atoms with Gasteiger partial charge in [-0.3, -0.25) is 9.59 Å². The van der Waals surface area contributed by atoms with Gasteiger partial charge in [0.15, 0.2) is 0 Å². The Bertz CT molecular complexity index is 276. The summed E-state index contributed by atoms with van der Waals surface area (Å²) in [6, 6.07) is 0. The van der Waals surface area contributed by atoms with Crippen LogP contribution in [0.5, 0.6) is 0 Å². The number of esters is 1. The highest BCUT2D eigenvalue weighted by Crippen LogP contribution is 1.96. The van der Waals surface area contributed by atoms with Crippen LogP contribution in [0, 0.1) is 0 Å². The number of ether oxygens (including phenoxy) is 1. The molecule has 16 heavy (non-hydrogen) atoms. The van der Waals surface area contributed by atoms with E-state index in [1.165, 1.54) is 9.80 Å². The Kier molecular flexibility index (Phi) is 6.14. The highest BCUT2D eigenvalue weighted by molar-refractivity contribution is 6.32. The first-order valence-electron chi connectivity index (χ1n) is 5.01. The van der Waals surface area contributed by atoms with Crippen molar-refractivity contribution in [3.05, 3.63) is 0 Å². The topological polar surface area (TPSA) is 66.9 Å². The highest BCUT2D eigenvalue weighted by Gasteiger charge is 2.24. The zero-order chi connectivity index (χ0) is 12.7. The van der Waals surface area contributed by atoms with Crippen LogP contribution in [0.25, 0.3) is 0 Å². The summed E-state index contributed by atoms with van der Waals surface area (Å²) in [7, 11) is 4.32. The summed E-state index contributed by atoms with van der Waals surface area (Å²) in [5.41, 5.74) is 0. The van der Waals surface area contributed by atoms with Crippen LogP contribution in [0.1, 0.15) is 13.3 Å². The average Bonchev–Trinajstić information content (AvgIpc) is 2.26. The second kappa shape index (κ2) is 6.81. The highest BCUT2D eigenvalue weighted by atomic mass is 16.5. The van der Waals surface area contributed by atoms with Gasteiger partial charge in [-0.2, -0.15) is 0 Å². The lowest BCUT2D eigenvalue weighted by molar-refractivity contribution is -0.159. The molecule has 0 aliphatic heterocycles. The minimum absolute atomic E-state index is 0.102. The SMILES string of the molecule is CCCN(CC(=O)N(C)C)C(=O)C(=O)OC. The molecule has 0 saturated carbocycles. The number of hydrogen-bond donors (Lipinski definition) is 0. The number of nitrogens with zero attached hydrogens (tertiary/aromatic N) is 2. The summed E-state index contributed by atoms with van der Waals surface area (Å²) in [5.74, 6) is -1.95. The number of amides is 2. The average molecular weight is 230 g/mol. The first kappa shape index (κ1) is 14.4. The quantitative estimate of drug-likeness (QED) is 0.482. The number of likely N-dealkylation sites (N-methyl/N-ethyl adjacent to an activating group) is 1. The van der Waals surface area contributed by atoms with Crippen LogP contribution >= 0.6 is 0 Å². The van der Waals surface area contributed by atoms with Gasteiger partial charge in [0, 0.05) is 20.6 Å². The Hall–Kier alpha value is -1.59. The molecule has 92 valence electrons. The van der Waals surface area contributed by atoms with E-state index < -0.39 is 11.9 Å². The molecule has 0 fully saturated rings. The second-order valence-corrected chi connectivity index (χ2v) is 3.51. The fourth-order valence-electron chi connectivity index (χ4n) is 1.04. The fraction of sp³-hybridized carbons (Fsp3) is 0.700. The van der Waals surface area contributed by atoms with Crippen LogP contribution in [0.4, 0.5) is 0 Å². The first-order valence-corrected chi connectivity index (χ1v) is 5.01. The van der Waals surface area contributed by atoms with E-state index in [1.807, 2.05) is 6.92 Å². The summed E-state index contributed by atoms with van der Waals surface area (Å²) in [4.78, 5) is 36.5. The molecule has 0 atom stereocenters. The van der Waals surface area contributed by atoms with E-state index in [9.17, 15) is 14.4 Å². The standard InChI is InChI=1S/C10H18N2O4/c1-5-6-12(7-8(13)11(2)3)9(14)10(15)16-4/h5-7H2,1-4H3. The lowest BCUT2D eigenvalue weighted by Crippen LogP contribution is -2.44. The third-order valence-electron chi connectivity index (χ3n) is 1.97. The summed E-state index contributed by atoms with van der Waals surface area (Å²) in [6.07, 6.45) is 0.670. The van der Waals surface area contributed by atoms with E-state index in [1.54, 1.807) is 14.1 Å². The second-order valence-electron chi connectivity index (χ2n) is 3.51. The molecule has 0 aromatic rings. The molecule has 6 nitrogen and oxygen atoms in total. The minimum Gasteiger partial charge on any atom is -0.462 e. The minimum atomic E-state index is -0.944. The molecule has 2 amide bonds. The number of methoxy groups -OCH3 is 1. The Balaban J connectivity index is 4.55. The van der Waals surface area contributed by atoms with Gasteiger partial charge in [0.05, 0.1) is 7.11 Å². The molecule has 6 heteroatoms. The molecule has 0 aromatic carbocycles. The van der Waals surface area contributed by atoms with E-state index in [-0.39, 0.29) is 12.5 Å². The number of hydrogen-bond acceptors (Lipinski definition) is 4. The van der Waals surface area contributed by atoms with Gasteiger partial charge < -0.3 is 14.5 Å². The lowest BCUT2D eigenvalue weighted by atomic mass is 10.3. The molecule has 0 N–H and O–H groups in total. The van der Waals surface area contributed by atoms with Crippen molar-refractivity contribution in [3.8, 4) is 0 Å². The Labute approximate surface area is 95.1 Å². The fourth-order valence-corrected chi connectivity index (χ4v) is 1.04. The van der Waals surface area contributed by atoms with Crippen LogP contribution in [0.3, 0.4) is 0 Å². The van der Waals surface area contributed by atoms with Crippen molar-refractivity contribution < 1.29 is 19.1 Å². The van der Waals surface area contributed by atoms with Gasteiger partial charge in [-0.25, -0.2) is 4.79 Å². The molecule has 0 radical (unpaired) electrons. The van der Waals surface area contributed by atoms with Crippen molar-refractivity contribution in [2.75, 3.05) is 34.3 Å². The van der Waals surface area contributed by atoms with E-state index in [4.69, 9.17) is 0 Å². The van der Waals surface area contributed by atoms with Crippen LogP contribution < -0.4 is 0 Å². The lowest BCUT2D eigenvalue weighted by Gasteiger charge is -2.21. The predicted octanol–water partition coefficient (Wildman–Crippen LogP) is -0.514. The molecular formula is C10H18N2O4. The molecule has 0 aliphatic carbocycles. The zero-order valence-corrected chi connectivity index (χ0v) is 10.1. The van der Waals surface area contributed by atoms with E-state index in [0.29, 0.717) is 13.0 Å². The molecule has 0 aromatic heterocycles. The predicted molar refractivity (Wildman–Crippen MR) is 57.6 cm³/mol. The van der Waals surface area contributed by atoms with Gasteiger partial charge in [0.25, 0.3) is 0 Å². The van der Waals surface area contributed by atoms with Gasteiger partial charge >= 0.3 is 11.9 Å². The van der Waals surface area contributed by atoms with E-state index in [2.05, 4.69) is 4.74 Å². The molecule has 0 aliphatic rings.